The zero-order valence-corrected chi connectivity index (χ0v) is 7.29. The van der Waals surface area contributed by atoms with Crippen LogP contribution in [0.15, 0.2) is 24.3 Å². The average molecular weight is 174 g/mol. The maximum atomic E-state index is 10.9. The molecule has 0 spiro atoms. The van der Waals surface area contributed by atoms with Gasteiger partial charge in [-0.3, -0.25) is 4.79 Å². The molecule has 0 bridgehead atoms. The molecular weight excluding hydrogens is 164 g/mol. The number of H-pyrrole nitrogens is 1. The van der Waals surface area contributed by atoms with Gasteiger partial charge in [-0.1, -0.05) is 12.1 Å². The first kappa shape index (κ1) is 7.86. The Morgan fingerprint density at radius 1 is 1.46 bits per heavy atom. The standard InChI is InChI=1S/C10H10N2O/c1-6-3-2-4-8-7(6)5-9(12-8)10(11)13/h2-5,12H,1H3,(H2,11,13). The number of aromatic nitrogens is 1. The Kier molecular flexibility index (Phi) is 1.59. The zero-order chi connectivity index (χ0) is 9.42. The van der Waals surface area contributed by atoms with Crippen LogP contribution >= 0.6 is 0 Å². The van der Waals surface area contributed by atoms with Crippen LogP contribution in [0.1, 0.15) is 16.1 Å². The number of nitrogens with two attached hydrogens (primary N) is 1. The first-order chi connectivity index (χ1) is 6.18. The molecule has 0 saturated heterocycles. The maximum Gasteiger partial charge on any atom is 0.265 e. The highest BCUT2D eigenvalue weighted by molar-refractivity contribution is 5.97. The summed E-state index contributed by atoms with van der Waals surface area (Å²) >= 11 is 0. The monoisotopic (exact) mass is 174 g/mol. The molecule has 1 aromatic carbocycles. The predicted octanol–water partition coefficient (Wildman–Crippen LogP) is 1.58. The molecule has 2 aromatic rings. The molecule has 3 heteroatoms. The van der Waals surface area contributed by atoms with Crippen molar-refractivity contribution in [2.24, 2.45) is 5.73 Å². The minimum absolute atomic E-state index is 0.421. The Balaban J connectivity index is 2.75. The van der Waals surface area contributed by atoms with Gasteiger partial charge in [-0.2, -0.15) is 0 Å². The molecule has 3 nitrogen and oxygen atoms in total. The highest BCUT2D eigenvalue weighted by atomic mass is 16.1. The first-order valence-corrected chi connectivity index (χ1v) is 4.06. The maximum absolute atomic E-state index is 10.9. The number of rotatable bonds is 1. The van der Waals surface area contributed by atoms with Crippen LogP contribution in [0.5, 0.6) is 0 Å². The Morgan fingerprint density at radius 3 is 2.85 bits per heavy atom. The number of carbonyl (C=O) groups is 1. The van der Waals surface area contributed by atoms with E-state index in [4.69, 9.17) is 5.73 Å². The lowest BCUT2D eigenvalue weighted by Crippen LogP contribution is -2.10. The van der Waals surface area contributed by atoms with E-state index in [1.165, 1.54) is 0 Å². The van der Waals surface area contributed by atoms with Crippen LogP contribution in [0.2, 0.25) is 0 Å². The first-order valence-electron chi connectivity index (χ1n) is 4.06. The van der Waals surface area contributed by atoms with Crippen molar-refractivity contribution in [1.29, 1.82) is 0 Å². The lowest BCUT2D eigenvalue weighted by molar-refractivity contribution is 0.0996. The summed E-state index contributed by atoms with van der Waals surface area (Å²) in [6, 6.07) is 7.65. The van der Waals surface area contributed by atoms with Crippen LogP contribution in [-0.2, 0) is 0 Å². The third-order valence-electron chi connectivity index (χ3n) is 2.15. The van der Waals surface area contributed by atoms with Gasteiger partial charge in [0.1, 0.15) is 5.69 Å². The Morgan fingerprint density at radius 2 is 2.23 bits per heavy atom. The molecule has 0 saturated carbocycles. The van der Waals surface area contributed by atoms with Crippen molar-refractivity contribution in [3.8, 4) is 0 Å². The molecule has 0 aliphatic carbocycles. The SMILES string of the molecule is Cc1cccc2[nH]c(C(N)=O)cc12. The van der Waals surface area contributed by atoms with Gasteiger partial charge < -0.3 is 10.7 Å². The third-order valence-corrected chi connectivity index (χ3v) is 2.15. The minimum Gasteiger partial charge on any atom is -0.364 e. The van der Waals surface area contributed by atoms with E-state index in [9.17, 15) is 4.79 Å². The number of aryl methyl sites for hydroxylation is 1. The second-order valence-electron chi connectivity index (χ2n) is 3.08. The second-order valence-corrected chi connectivity index (χ2v) is 3.08. The number of hydrogen-bond donors (Lipinski definition) is 2. The van der Waals surface area contributed by atoms with Crippen molar-refractivity contribution in [3.63, 3.8) is 0 Å². The van der Waals surface area contributed by atoms with Crippen molar-refractivity contribution in [3.05, 3.63) is 35.5 Å². The molecule has 2 rings (SSSR count). The normalized spacial score (nSPS) is 10.5. The largest absolute Gasteiger partial charge is 0.364 e. The molecule has 0 aliphatic rings. The number of primary amides is 1. The summed E-state index contributed by atoms with van der Waals surface area (Å²) in [5.74, 6) is -0.421. The van der Waals surface area contributed by atoms with E-state index < -0.39 is 5.91 Å². The van der Waals surface area contributed by atoms with Gasteiger partial charge in [0.15, 0.2) is 0 Å². The number of benzene rings is 1. The lowest BCUT2D eigenvalue weighted by atomic mass is 10.1. The van der Waals surface area contributed by atoms with Crippen LogP contribution in [0, 0.1) is 6.92 Å². The van der Waals surface area contributed by atoms with Crippen molar-refractivity contribution in [1.82, 2.24) is 4.98 Å². The molecule has 1 heterocycles. The second kappa shape index (κ2) is 2.62. The van der Waals surface area contributed by atoms with Crippen LogP contribution in [0.25, 0.3) is 10.9 Å². The highest BCUT2D eigenvalue weighted by Gasteiger charge is 2.05. The van der Waals surface area contributed by atoms with Crippen LogP contribution in [0.3, 0.4) is 0 Å². The summed E-state index contributed by atoms with van der Waals surface area (Å²) in [7, 11) is 0. The van der Waals surface area contributed by atoms with E-state index in [2.05, 4.69) is 4.98 Å². The van der Waals surface area contributed by atoms with Crippen LogP contribution < -0.4 is 5.73 Å². The van der Waals surface area contributed by atoms with Gasteiger partial charge in [-0.05, 0) is 24.6 Å². The number of hydrogen-bond acceptors (Lipinski definition) is 1. The fourth-order valence-electron chi connectivity index (χ4n) is 1.44. The average Bonchev–Trinajstić information content (AvgIpc) is 2.49. The van der Waals surface area contributed by atoms with Crippen LogP contribution in [0.4, 0.5) is 0 Å². The van der Waals surface area contributed by atoms with Crippen molar-refractivity contribution in [2.75, 3.05) is 0 Å². The molecule has 13 heavy (non-hydrogen) atoms. The summed E-state index contributed by atoms with van der Waals surface area (Å²) in [6.45, 7) is 2.00. The number of fused-ring (bicyclic) bond motifs is 1. The molecule has 0 fully saturated rings. The van der Waals surface area contributed by atoms with Gasteiger partial charge >= 0.3 is 0 Å². The number of carbonyl (C=O) groups excluding carboxylic acids is 1. The molecule has 0 atom stereocenters. The van der Waals surface area contributed by atoms with Gasteiger partial charge in [0, 0.05) is 10.9 Å². The molecule has 3 N–H and O–H groups in total. The van der Waals surface area contributed by atoms with E-state index in [1.54, 1.807) is 6.07 Å². The van der Waals surface area contributed by atoms with Crippen molar-refractivity contribution < 1.29 is 4.79 Å². The fourth-order valence-corrected chi connectivity index (χ4v) is 1.44. The molecule has 0 radical (unpaired) electrons. The summed E-state index contributed by atoms with van der Waals surface area (Å²) in [6.07, 6.45) is 0. The number of nitrogens with one attached hydrogen (secondary N) is 1. The van der Waals surface area contributed by atoms with E-state index in [-0.39, 0.29) is 0 Å². The molecule has 1 amide bonds. The predicted molar refractivity (Wildman–Crippen MR) is 51.6 cm³/mol. The molecule has 66 valence electrons. The highest BCUT2D eigenvalue weighted by Crippen LogP contribution is 2.18. The smallest absolute Gasteiger partial charge is 0.265 e. The molecular formula is C10H10N2O. The summed E-state index contributed by atoms with van der Waals surface area (Å²) in [5.41, 5.74) is 7.71. The number of aromatic amines is 1. The quantitative estimate of drug-likeness (QED) is 0.677. The topological polar surface area (TPSA) is 58.9 Å². The van der Waals surface area contributed by atoms with Gasteiger partial charge in [0.2, 0.25) is 0 Å². The summed E-state index contributed by atoms with van der Waals surface area (Å²) in [5, 5.41) is 1.05. The van der Waals surface area contributed by atoms with Crippen molar-refractivity contribution >= 4 is 16.8 Å². The Bertz CT molecular complexity index is 471. The van der Waals surface area contributed by atoms with Gasteiger partial charge in [-0.25, -0.2) is 0 Å². The summed E-state index contributed by atoms with van der Waals surface area (Å²) in [4.78, 5) is 13.8. The minimum atomic E-state index is -0.421. The third kappa shape index (κ3) is 1.18. The Labute approximate surface area is 75.6 Å². The fraction of sp³-hybridized carbons (Fsp3) is 0.100. The van der Waals surface area contributed by atoms with E-state index in [1.807, 2.05) is 25.1 Å². The summed E-state index contributed by atoms with van der Waals surface area (Å²) < 4.78 is 0. The number of amides is 1. The van der Waals surface area contributed by atoms with Gasteiger partial charge in [0.25, 0.3) is 5.91 Å². The van der Waals surface area contributed by atoms with E-state index in [0.717, 1.165) is 16.5 Å². The Hall–Kier alpha value is -1.77. The zero-order valence-electron chi connectivity index (χ0n) is 7.29. The molecule has 0 unspecified atom stereocenters. The van der Waals surface area contributed by atoms with Gasteiger partial charge in [-0.15, -0.1) is 0 Å². The lowest BCUT2D eigenvalue weighted by Gasteiger charge is -1.92. The van der Waals surface area contributed by atoms with Crippen LogP contribution in [-0.4, -0.2) is 10.9 Å². The van der Waals surface area contributed by atoms with Gasteiger partial charge in [0.05, 0.1) is 0 Å². The van der Waals surface area contributed by atoms with E-state index in [0.29, 0.717) is 5.69 Å². The van der Waals surface area contributed by atoms with E-state index >= 15 is 0 Å². The molecule has 0 aliphatic heterocycles. The van der Waals surface area contributed by atoms with Crippen molar-refractivity contribution in [2.45, 2.75) is 6.92 Å². The molecule has 1 aromatic heterocycles.